The van der Waals surface area contributed by atoms with Crippen LogP contribution in [0.2, 0.25) is 0 Å². The van der Waals surface area contributed by atoms with Gasteiger partial charge in [-0.15, -0.1) is 0 Å². The Hall–Kier alpha value is -2.09. The van der Waals surface area contributed by atoms with Crippen molar-refractivity contribution >= 4 is 5.57 Å². The fourth-order valence-electron chi connectivity index (χ4n) is 2.41. The number of pyridine rings is 1. The average molecular weight is 253 g/mol. The van der Waals surface area contributed by atoms with Gasteiger partial charge in [0.2, 0.25) is 0 Å². The van der Waals surface area contributed by atoms with E-state index in [1.165, 1.54) is 11.1 Å². The van der Waals surface area contributed by atoms with Crippen molar-refractivity contribution in [1.29, 1.82) is 0 Å². The SMILES string of the molecule is C.CCc1ccc(C2=C(O)Cc3ccccc32)nc1. The van der Waals surface area contributed by atoms with Crippen LogP contribution in [0.1, 0.15) is 36.7 Å². The summed E-state index contributed by atoms with van der Waals surface area (Å²) >= 11 is 0. The maximum atomic E-state index is 10.1. The zero-order valence-corrected chi connectivity index (χ0v) is 10.4. The monoisotopic (exact) mass is 253 g/mol. The van der Waals surface area contributed by atoms with Crippen LogP contribution in [0.15, 0.2) is 48.4 Å². The van der Waals surface area contributed by atoms with Gasteiger partial charge in [0.25, 0.3) is 0 Å². The fourth-order valence-corrected chi connectivity index (χ4v) is 2.41. The molecule has 0 aliphatic heterocycles. The second-order valence-electron chi connectivity index (χ2n) is 4.56. The summed E-state index contributed by atoms with van der Waals surface area (Å²) in [6, 6.07) is 12.2. The number of aliphatic hydroxyl groups excluding tert-OH is 1. The van der Waals surface area contributed by atoms with Crippen molar-refractivity contribution in [1.82, 2.24) is 4.98 Å². The number of aliphatic hydroxyl groups is 1. The largest absolute Gasteiger partial charge is 0.511 e. The van der Waals surface area contributed by atoms with Gasteiger partial charge in [0.15, 0.2) is 0 Å². The van der Waals surface area contributed by atoms with Crippen molar-refractivity contribution in [2.24, 2.45) is 0 Å². The summed E-state index contributed by atoms with van der Waals surface area (Å²) in [5, 5.41) is 10.1. The first-order valence-electron chi connectivity index (χ1n) is 6.25. The zero-order chi connectivity index (χ0) is 12.5. The molecule has 0 radical (unpaired) electrons. The number of benzene rings is 1. The summed E-state index contributed by atoms with van der Waals surface area (Å²) in [4.78, 5) is 4.46. The third-order valence-electron chi connectivity index (χ3n) is 3.42. The predicted molar refractivity (Wildman–Crippen MR) is 79.1 cm³/mol. The van der Waals surface area contributed by atoms with Crippen LogP contribution in [0, 0.1) is 0 Å². The molecule has 0 unspecified atom stereocenters. The van der Waals surface area contributed by atoms with Crippen LogP contribution in [0.25, 0.3) is 5.57 Å². The first kappa shape index (κ1) is 13.3. The van der Waals surface area contributed by atoms with E-state index in [4.69, 9.17) is 0 Å². The number of aryl methyl sites for hydroxylation is 1. The molecule has 2 aromatic rings. The fraction of sp³-hybridized carbons (Fsp3) is 0.235. The number of hydrogen-bond donors (Lipinski definition) is 1. The Kier molecular flexibility index (Phi) is 3.70. The van der Waals surface area contributed by atoms with Crippen molar-refractivity contribution in [2.45, 2.75) is 27.2 Å². The van der Waals surface area contributed by atoms with Crippen LogP contribution in [0.5, 0.6) is 0 Å². The number of rotatable bonds is 2. The van der Waals surface area contributed by atoms with E-state index >= 15 is 0 Å². The molecule has 1 aromatic heterocycles. The Morgan fingerprint density at radius 1 is 1.16 bits per heavy atom. The number of allylic oxidation sites excluding steroid dienone is 1. The van der Waals surface area contributed by atoms with Crippen LogP contribution in [-0.4, -0.2) is 10.1 Å². The minimum Gasteiger partial charge on any atom is -0.511 e. The van der Waals surface area contributed by atoms with Crippen LogP contribution in [0.3, 0.4) is 0 Å². The smallest absolute Gasteiger partial charge is 0.107 e. The molecule has 2 heteroatoms. The van der Waals surface area contributed by atoms with Gasteiger partial charge in [-0.05, 0) is 29.2 Å². The van der Waals surface area contributed by atoms with Gasteiger partial charge in [0.05, 0.1) is 5.69 Å². The van der Waals surface area contributed by atoms with Gasteiger partial charge in [0, 0.05) is 18.2 Å². The van der Waals surface area contributed by atoms with E-state index in [0.29, 0.717) is 12.2 Å². The molecule has 98 valence electrons. The van der Waals surface area contributed by atoms with Crippen LogP contribution < -0.4 is 0 Å². The van der Waals surface area contributed by atoms with E-state index in [1.54, 1.807) is 0 Å². The summed E-state index contributed by atoms with van der Waals surface area (Å²) in [5.74, 6) is 0.424. The van der Waals surface area contributed by atoms with Crippen molar-refractivity contribution in [3.8, 4) is 0 Å². The molecule has 1 heterocycles. The lowest BCUT2D eigenvalue weighted by Crippen LogP contribution is -1.93. The quantitative estimate of drug-likeness (QED) is 0.872. The molecule has 0 spiro atoms. The highest BCUT2D eigenvalue weighted by Crippen LogP contribution is 2.35. The molecule has 1 aliphatic carbocycles. The van der Waals surface area contributed by atoms with Crippen molar-refractivity contribution < 1.29 is 5.11 Å². The summed E-state index contributed by atoms with van der Waals surface area (Å²) in [6.07, 6.45) is 3.48. The van der Waals surface area contributed by atoms with Crippen LogP contribution >= 0.6 is 0 Å². The van der Waals surface area contributed by atoms with Crippen molar-refractivity contribution in [3.63, 3.8) is 0 Å². The van der Waals surface area contributed by atoms with Crippen LogP contribution in [0.4, 0.5) is 0 Å². The molecule has 2 nitrogen and oxygen atoms in total. The Morgan fingerprint density at radius 2 is 1.95 bits per heavy atom. The summed E-state index contributed by atoms with van der Waals surface area (Å²) in [5.41, 5.74) is 5.23. The molecule has 1 N–H and O–H groups in total. The molecule has 1 aromatic carbocycles. The van der Waals surface area contributed by atoms with Crippen molar-refractivity contribution in [2.75, 3.05) is 0 Å². The number of nitrogens with zero attached hydrogens (tertiary/aromatic N) is 1. The highest BCUT2D eigenvalue weighted by Gasteiger charge is 2.22. The first-order chi connectivity index (χ1) is 8.79. The summed E-state index contributed by atoms with van der Waals surface area (Å²) < 4.78 is 0. The highest BCUT2D eigenvalue weighted by atomic mass is 16.3. The van der Waals surface area contributed by atoms with E-state index in [2.05, 4.69) is 24.0 Å². The molecule has 1 aliphatic rings. The predicted octanol–water partition coefficient (Wildman–Crippen LogP) is 4.15. The highest BCUT2D eigenvalue weighted by molar-refractivity contribution is 5.84. The molecular formula is C17H19NO. The molecule has 0 bridgehead atoms. The number of hydrogen-bond acceptors (Lipinski definition) is 2. The lowest BCUT2D eigenvalue weighted by atomic mass is 10.0. The molecule has 0 saturated carbocycles. The second-order valence-corrected chi connectivity index (χ2v) is 4.56. The van der Waals surface area contributed by atoms with E-state index in [0.717, 1.165) is 23.3 Å². The molecule has 0 saturated heterocycles. The molecular weight excluding hydrogens is 234 g/mol. The van der Waals surface area contributed by atoms with Gasteiger partial charge < -0.3 is 5.11 Å². The van der Waals surface area contributed by atoms with E-state index < -0.39 is 0 Å². The van der Waals surface area contributed by atoms with Crippen LogP contribution in [-0.2, 0) is 12.8 Å². The Morgan fingerprint density at radius 3 is 2.63 bits per heavy atom. The number of fused-ring (bicyclic) bond motifs is 1. The normalized spacial score (nSPS) is 13.1. The molecule has 0 fully saturated rings. The summed E-state index contributed by atoms with van der Waals surface area (Å²) in [7, 11) is 0. The molecule has 3 rings (SSSR count). The standard InChI is InChI=1S/C16H15NO.CH4/c1-2-11-7-8-14(17-10-11)16-13-6-4-3-5-12(13)9-15(16)18;/h3-8,10,18H,2,9H2,1H3;1H4. The zero-order valence-electron chi connectivity index (χ0n) is 10.4. The summed E-state index contributed by atoms with van der Waals surface area (Å²) in [6.45, 7) is 2.11. The Bertz CT molecular complexity index is 611. The maximum Gasteiger partial charge on any atom is 0.107 e. The van der Waals surface area contributed by atoms with Gasteiger partial charge >= 0.3 is 0 Å². The molecule has 0 amide bonds. The van der Waals surface area contributed by atoms with Gasteiger partial charge in [-0.2, -0.15) is 0 Å². The Balaban J connectivity index is 0.00000133. The third kappa shape index (κ3) is 2.26. The van der Waals surface area contributed by atoms with E-state index in [-0.39, 0.29) is 7.43 Å². The van der Waals surface area contributed by atoms with E-state index in [1.807, 2.05) is 30.5 Å². The van der Waals surface area contributed by atoms with Gasteiger partial charge in [0.1, 0.15) is 5.76 Å². The topological polar surface area (TPSA) is 33.1 Å². The third-order valence-corrected chi connectivity index (χ3v) is 3.42. The lowest BCUT2D eigenvalue weighted by molar-refractivity contribution is 0.405. The minimum absolute atomic E-state index is 0. The maximum absolute atomic E-state index is 10.1. The minimum atomic E-state index is 0. The van der Waals surface area contributed by atoms with Gasteiger partial charge in [-0.25, -0.2) is 0 Å². The van der Waals surface area contributed by atoms with Crippen molar-refractivity contribution in [3.05, 3.63) is 70.7 Å². The first-order valence-corrected chi connectivity index (χ1v) is 6.25. The average Bonchev–Trinajstić information content (AvgIpc) is 2.75. The molecule has 19 heavy (non-hydrogen) atoms. The van der Waals surface area contributed by atoms with Gasteiger partial charge in [-0.1, -0.05) is 44.7 Å². The van der Waals surface area contributed by atoms with E-state index in [9.17, 15) is 5.11 Å². The second kappa shape index (κ2) is 5.27. The Labute approximate surface area is 114 Å². The van der Waals surface area contributed by atoms with Gasteiger partial charge in [-0.3, -0.25) is 4.98 Å². The number of aromatic nitrogens is 1. The molecule has 0 atom stereocenters. The lowest BCUT2D eigenvalue weighted by Gasteiger charge is -2.06.